The number of piperidine rings is 1. The lowest BCUT2D eigenvalue weighted by Crippen LogP contribution is -2.41. The molecule has 0 aromatic heterocycles. The Morgan fingerprint density at radius 3 is 1.89 bits per heavy atom. The number of unbranched alkanes of at least 4 members (excludes halogenated alkanes) is 7. The molecule has 1 heterocycles. The first-order valence-electron chi connectivity index (χ1n) is 14.6. The highest BCUT2D eigenvalue weighted by molar-refractivity contribution is 7.58. The van der Waals surface area contributed by atoms with E-state index in [-0.39, 0.29) is 22.6 Å². The Morgan fingerprint density at radius 2 is 1.37 bits per heavy atom. The molecule has 1 saturated heterocycles. The Kier molecular flexibility index (Phi) is 15.1. The molecule has 1 fully saturated rings. The van der Waals surface area contributed by atoms with Gasteiger partial charge in [0.05, 0.1) is 17.8 Å². The van der Waals surface area contributed by atoms with Gasteiger partial charge >= 0.3 is 0 Å². The van der Waals surface area contributed by atoms with E-state index in [0.717, 1.165) is 51.6 Å². The van der Waals surface area contributed by atoms with Gasteiger partial charge < -0.3 is 16.0 Å². The summed E-state index contributed by atoms with van der Waals surface area (Å²) in [6.45, 7) is 15.5. The average Bonchev–Trinajstić information content (AvgIpc) is 2.82. The van der Waals surface area contributed by atoms with Gasteiger partial charge in [-0.2, -0.15) is 0 Å². The fourth-order valence-electron chi connectivity index (χ4n) is 5.32. The van der Waals surface area contributed by atoms with Gasteiger partial charge in [0.15, 0.2) is 5.96 Å². The first kappa shape index (κ1) is 32.4. The molecule has 0 aliphatic carbocycles. The van der Waals surface area contributed by atoms with Gasteiger partial charge in [-0.15, -0.1) is 0 Å². The molecule has 1 rings (SSSR count). The Morgan fingerprint density at radius 1 is 0.857 bits per heavy atom. The van der Waals surface area contributed by atoms with Crippen molar-refractivity contribution < 1.29 is 9.09 Å². The van der Waals surface area contributed by atoms with Gasteiger partial charge in [-0.1, -0.05) is 91.9 Å². The Hall–Kier alpha value is -0.580. The zero-order valence-electron chi connectivity index (χ0n) is 24.1. The van der Waals surface area contributed by atoms with E-state index >= 15 is 0 Å². The molecule has 0 spiro atoms. The molecule has 1 aliphatic rings. The predicted molar refractivity (Wildman–Crippen MR) is 153 cm³/mol. The highest BCUT2D eigenvalue weighted by Crippen LogP contribution is 2.64. The lowest BCUT2D eigenvalue weighted by Gasteiger charge is -2.45. The molecule has 0 aromatic carbocycles. The third-order valence-electron chi connectivity index (χ3n) is 7.91. The van der Waals surface area contributed by atoms with Gasteiger partial charge in [0.1, 0.15) is 0 Å². The summed E-state index contributed by atoms with van der Waals surface area (Å²) in [5, 5.41) is -0.377. The van der Waals surface area contributed by atoms with Crippen LogP contribution in [0.25, 0.3) is 0 Å². The van der Waals surface area contributed by atoms with Crippen LogP contribution in [0.2, 0.25) is 0 Å². The van der Waals surface area contributed by atoms with Crippen molar-refractivity contribution in [3.05, 3.63) is 0 Å². The van der Waals surface area contributed by atoms with Crippen LogP contribution >= 0.6 is 7.52 Å². The summed E-state index contributed by atoms with van der Waals surface area (Å²) in [7, 11) is -3.06. The Labute approximate surface area is 217 Å². The molecule has 0 aromatic rings. The summed E-state index contributed by atoms with van der Waals surface area (Å²) in [5.74, 6) is 0.147. The SMILES string of the molecule is CCCCCCC(C)(CCCC)COP(=O)(N1CCC(N=C(N)N)CC1)C(C)(C)CCCCCC. The van der Waals surface area contributed by atoms with E-state index in [4.69, 9.17) is 16.0 Å². The minimum Gasteiger partial charge on any atom is -0.370 e. The summed E-state index contributed by atoms with van der Waals surface area (Å²) in [6.07, 6.45) is 17.0. The molecule has 1 aliphatic heterocycles. The maximum Gasteiger partial charge on any atom is 0.277 e. The minimum atomic E-state index is -3.06. The van der Waals surface area contributed by atoms with Gasteiger partial charge in [0, 0.05) is 13.1 Å². The fourth-order valence-corrected chi connectivity index (χ4v) is 8.28. The number of guanidine groups is 1. The molecule has 0 saturated carbocycles. The van der Waals surface area contributed by atoms with Crippen LogP contribution in [-0.4, -0.2) is 41.5 Å². The molecule has 2 unspecified atom stereocenters. The van der Waals surface area contributed by atoms with Crippen molar-refractivity contribution in [1.82, 2.24) is 4.67 Å². The van der Waals surface area contributed by atoms with E-state index in [1.54, 1.807) is 0 Å². The number of rotatable bonds is 19. The number of hydrogen-bond acceptors (Lipinski definition) is 3. The second-order valence-electron chi connectivity index (χ2n) is 11.9. The second-order valence-corrected chi connectivity index (χ2v) is 15.0. The van der Waals surface area contributed by atoms with Gasteiger partial charge in [0.2, 0.25) is 0 Å². The van der Waals surface area contributed by atoms with Gasteiger partial charge in [0.25, 0.3) is 7.52 Å². The molecule has 0 radical (unpaired) electrons. The lowest BCUT2D eigenvalue weighted by molar-refractivity contribution is 0.114. The quantitative estimate of drug-likeness (QED) is 0.0792. The second kappa shape index (κ2) is 16.3. The molecule has 208 valence electrons. The maximum absolute atomic E-state index is 14.9. The molecular formula is C28H59N4O2P. The minimum absolute atomic E-state index is 0.0777. The first-order chi connectivity index (χ1) is 16.5. The Bertz CT molecular complexity index is 643. The molecular weight excluding hydrogens is 455 g/mol. The predicted octanol–water partition coefficient (Wildman–Crippen LogP) is 7.85. The molecule has 0 bridgehead atoms. The average molecular weight is 515 g/mol. The number of nitrogens with two attached hydrogens (primary N) is 2. The summed E-state index contributed by atoms with van der Waals surface area (Å²) < 4.78 is 23.8. The lowest BCUT2D eigenvalue weighted by atomic mass is 9.81. The Balaban J connectivity index is 3.04. The van der Waals surface area contributed by atoms with Gasteiger partial charge in [-0.25, -0.2) is 4.67 Å². The van der Waals surface area contributed by atoms with Crippen LogP contribution in [0.3, 0.4) is 0 Å². The summed E-state index contributed by atoms with van der Waals surface area (Å²) in [5.41, 5.74) is 11.3. The van der Waals surface area contributed by atoms with Crippen molar-refractivity contribution in [2.75, 3.05) is 19.7 Å². The van der Waals surface area contributed by atoms with Crippen molar-refractivity contribution >= 4 is 13.5 Å². The van der Waals surface area contributed by atoms with Crippen molar-refractivity contribution in [2.24, 2.45) is 21.9 Å². The third-order valence-corrected chi connectivity index (χ3v) is 11.3. The molecule has 7 heteroatoms. The first-order valence-corrected chi connectivity index (χ1v) is 16.2. The highest BCUT2D eigenvalue weighted by atomic mass is 31.2. The van der Waals surface area contributed by atoms with E-state index in [1.807, 2.05) is 0 Å². The smallest absolute Gasteiger partial charge is 0.277 e. The zero-order chi connectivity index (χ0) is 26.4. The van der Waals surface area contributed by atoms with Crippen LogP contribution in [0.15, 0.2) is 4.99 Å². The normalized spacial score (nSPS) is 19.3. The number of aliphatic imine (C=N–C) groups is 1. The molecule has 2 atom stereocenters. The van der Waals surface area contributed by atoms with Crippen LogP contribution in [0.4, 0.5) is 0 Å². The molecule has 6 nitrogen and oxygen atoms in total. The summed E-state index contributed by atoms with van der Waals surface area (Å²) in [4.78, 5) is 4.37. The highest BCUT2D eigenvalue weighted by Gasteiger charge is 2.48. The van der Waals surface area contributed by atoms with Crippen molar-refractivity contribution in [1.29, 1.82) is 0 Å². The summed E-state index contributed by atoms with van der Waals surface area (Å²) in [6, 6.07) is 0.116. The number of nitrogens with zero attached hydrogens (tertiary/aromatic N) is 2. The van der Waals surface area contributed by atoms with E-state index in [0.29, 0.717) is 6.61 Å². The van der Waals surface area contributed by atoms with E-state index in [1.165, 1.54) is 57.8 Å². The van der Waals surface area contributed by atoms with Crippen LogP contribution < -0.4 is 11.5 Å². The van der Waals surface area contributed by atoms with E-state index < -0.39 is 7.52 Å². The van der Waals surface area contributed by atoms with E-state index in [9.17, 15) is 4.57 Å². The zero-order valence-corrected chi connectivity index (χ0v) is 25.0. The van der Waals surface area contributed by atoms with Gasteiger partial charge in [-0.05, 0) is 51.4 Å². The van der Waals surface area contributed by atoms with Crippen molar-refractivity contribution in [3.63, 3.8) is 0 Å². The fraction of sp³-hybridized carbons (Fsp3) is 0.964. The molecule has 4 N–H and O–H groups in total. The third kappa shape index (κ3) is 11.1. The van der Waals surface area contributed by atoms with Crippen molar-refractivity contribution in [3.8, 4) is 0 Å². The number of hydrogen-bond donors (Lipinski definition) is 2. The van der Waals surface area contributed by atoms with Crippen molar-refractivity contribution in [2.45, 2.75) is 149 Å². The van der Waals surface area contributed by atoms with Crippen LogP contribution in [0, 0.1) is 5.41 Å². The molecule has 35 heavy (non-hydrogen) atoms. The van der Waals surface area contributed by atoms with E-state index in [2.05, 4.69) is 51.2 Å². The van der Waals surface area contributed by atoms with Crippen LogP contribution in [0.1, 0.15) is 138 Å². The standard InChI is InChI=1S/C28H59N4O2P/c1-7-10-13-15-19-27(4,5)35(33,32-22-17-25(18-23-32)31-26(29)30)34-24-28(6,20-12-9-3)21-16-14-11-8-2/h25H,7-24H2,1-6H3,(H4,29,30,31). The monoisotopic (exact) mass is 514 g/mol. The largest absolute Gasteiger partial charge is 0.370 e. The molecule has 0 amide bonds. The van der Waals surface area contributed by atoms with Crippen LogP contribution in [0.5, 0.6) is 0 Å². The van der Waals surface area contributed by atoms with Crippen LogP contribution in [-0.2, 0) is 9.09 Å². The topological polar surface area (TPSA) is 93.9 Å². The maximum atomic E-state index is 14.9. The summed E-state index contributed by atoms with van der Waals surface area (Å²) >= 11 is 0. The van der Waals surface area contributed by atoms with Gasteiger partial charge in [-0.3, -0.25) is 9.56 Å².